The third kappa shape index (κ3) is 5.90. The van der Waals surface area contributed by atoms with Gasteiger partial charge in [0, 0.05) is 18.6 Å². The minimum absolute atomic E-state index is 0.0960. The predicted octanol–water partition coefficient (Wildman–Crippen LogP) is 3.10. The second kappa shape index (κ2) is 8.56. The fourth-order valence-corrected chi connectivity index (χ4v) is 4.41. The van der Waals surface area contributed by atoms with Crippen LogP contribution in [0.1, 0.15) is 50.2 Å². The summed E-state index contributed by atoms with van der Waals surface area (Å²) in [6, 6.07) is 0.168. The first kappa shape index (κ1) is 20.1. The van der Waals surface area contributed by atoms with Gasteiger partial charge in [0.25, 0.3) is 0 Å². The molecule has 27 heavy (non-hydrogen) atoms. The lowest BCUT2D eigenvalue weighted by Crippen LogP contribution is -2.55. The van der Waals surface area contributed by atoms with E-state index in [2.05, 4.69) is 34.4 Å². The Kier molecular flexibility index (Phi) is 6.37. The molecule has 1 aromatic rings. The quantitative estimate of drug-likeness (QED) is 0.598. The van der Waals surface area contributed by atoms with Crippen molar-refractivity contribution in [2.45, 2.75) is 65.0 Å². The van der Waals surface area contributed by atoms with Gasteiger partial charge >= 0.3 is 12.0 Å². The van der Waals surface area contributed by atoms with Crippen LogP contribution in [0.15, 0.2) is 0 Å². The van der Waals surface area contributed by atoms with Crippen LogP contribution >= 0.6 is 11.3 Å². The second-order valence-corrected chi connectivity index (χ2v) is 9.50. The number of anilines is 1. The molecule has 3 N–H and O–H groups in total. The molecule has 0 unspecified atom stereocenters. The summed E-state index contributed by atoms with van der Waals surface area (Å²) in [5, 5.41) is 16.9. The highest BCUT2D eigenvalue weighted by atomic mass is 32.1. The fraction of sp³-hybridized carbons (Fsp3) is 0.737. The van der Waals surface area contributed by atoms with Crippen LogP contribution < -0.4 is 10.6 Å². The van der Waals surface area contributed by atoms with Gasteiger partial charge in [-0.05, 0) is 50.9 Å². The largest absolute Gasteiger partial charge is 0.480 e. The van der Waals surface area contributed by atoms with Crippen molar-refractivity contribution in [3.05, 3.63) is 10.7 Å². The average molecular weight is 395 g/mol. The zero-order valence-electron chi connectivity index (χ0n) is 16.3. The van der Waals surface area contributed by atoms with Crippen LogP contribution in [0, 0.1) is 18.8 Å². The Morgan fingerprint density at radius 2 is 2.04 bits per heavy atom. The van der Waals surface area contributed by atoms with E-state index in [9.17, 15) is 9.59 Å². The molecule has 0 atom stereocenters. The number of aliphatic carboxylic acids is 1. The van der Waals surface area contributed by atoms with Crippen molar-refractivity contribution in [2.24, 2.45) is 11.8 Å². The summed E-state index contributed by atoms with van der Waals surface area (Å²) in [7, 11) is 0. The summed E-state index contributed by atoms with van der Waals surface area (Å²) in [5.41, 5.74) is 0.950. The smallest absolute Gasteiger partial charge is 0.320 e. The van der Waals surface area contributed by atoms with E-state index >= 15 is 0 Å². The minimum Gasteiger partial charge on any atom is -0.480 e. The second-order valence-electron chi connectivity index (χ2n) is 8.29. The van der Waals surface area contributed by atoms with E-state index in [4.69, 9.17) is 5.11 Å². The zero-order valence-corrected chi connectivity index (χ0v) is 17.1. The van der Waals surface area contributed by atoms with Crippen molar-refractivity contribution in [3.8, 4) is 0 Å². The highest BCUT2D eigenvalue weighted by Gasteiger charge is 2.37. The zero-order chi connectivity index (χ0) is 19.6. The summed E-state index contributed by atoms with van der Waals surface area (Å²) in [5.74, 6) is 0.367. The van der Waals surface area contributed by atoms with Crippen LogP contribution in [0.5, 0.6) is 0 Å². The first-order chi connectivity index (χ1) is 12.8. The van der Waals surface area contributed by atoms with E-state index in [1.807, 2.05) is 6.92 Å². The molecule has 8 heteroatoms. The molecule has 7 nitrogen and oxygen atoms in total. The normalized spacial score (nSPS) is 22.0. The maximum atomic E-state index is 12.4. The molecule has 0 saturated heterocycles. The van der Waals surface area contributed by atoms with E-state index in [-0.39, 0.29) is 24.7 Å². The van der Waals surface area contributed by atoms with Gasteiger partial charge in [-0.1, -0.05) is 13.8 Å². The molecule has 2 aliphatic carbocycles. The van der Waals surface area contributed by atoms with Crippen molar-refractivity contribution in [1.82, 2.24) is 15.2 Å². The van der Waals surface area contributed by atoms with E-state index in [1.54, 1.807) is 0 Å². The van der Waals surface area contributed by atoms with Crippen LogP contribution in [0.25, 0.3) is 0 Å². The first-order valence-corrected chi connectivity index (χ1v) is 10.6. The monoisotopic (exact) mass is 394 g/mol. The summed E-state index contributed by atoms with van der Waals surface area (Å²) in [6.07, 6.45) is 4.89. The topological polar surface area (TPSA) is 94.6 Å². The number of amides is 2. The number of aromatic nitrogens is 1. The Balaban J connectivity index is 1.46. The molecule has 1 heterocycles. The van der Waals surface area contributed by atoms with Crippen LogP contribution in [0.4, 0.5) is 9.80 Å². The molecule has 0 aliphatic heterocycles. The Labute approximate surface area is 164 Å². The third-order valence-electron chi connectivity index (χ3n) is 5.13. The number of carbonyl (C=O) groups excluding carboxylic acids is 1. The van der Waals surface area contributed by atoms with E-state index in [0.717, 1.165) is 41.5 Å². The van der Waals surface area contributed by atoms with Crippen molar-refractivity contribution >= 4 is 28.3 Å². The van der Waals surface area contributed by atoms with E-state index in [1.165, 1.54) is 24.2 Å². The molecular formula is C19H30N4O3S. The van der Waals surface area contributed by atoms with Crippen LogP contribution in [0.2, 0.25) is 0 Å². The number of hydrogen-bond acceptors (Lipinski definition) is 5. The van der Waals surface area contributed by atoms with Gasteiger partial charge in [0.1, 0.15) is 5.00 Å². The van der Waals surface area contributed by atoms with Gasteiger partial charge in [-0.15, -0.1) is 11.3 Å². The van der Waals surface area contributed by atoms with Crippen molar-refractivity contribution in [3.63, 3.8) is 0 Å². The molecular weight excluding hydrogens is 364 g/mol. The molecule has 2 saturated carbocycles. The molecule has 2 fully saturated rings. The van der Waals surface area contributed by atoms with Gasteiger partial charge < -0.3 is 10.4 Å². The molecule has 0 spiro atoms. The number of rotatable bonds is 9. The fourth-order valence-electron chi connectivity index (χ4n) is 3.57. The average Bonchev–Trinajstić information content (AvgIpc) is 3.25. The standard InChI is InChI=1S/C19H30N4O3S/c1-11(2)6-16-18(27-12(3)20-16)22-19(26)21-14-7-15(8-14)23(10-17(24)25)9-13-4-5-13/h11,13-15H,4-10H2,1-3H3,(H,24,25)(H2,21,22,26). The first-order valence-electron chi connectivity index (χ1n) is 9.79. The van der Waals surface area contributed by atoms with Gasteiger partial charge in [-0.25, -0.2) is 9.78 Å². The molecule has 0 aromatic carbocycles. The summed E-state index contributed by atoms with van der Waals surface area (Å²) < 4.78 is 0. The van der Waals surface area contributed by atoms with Crippen LogP contribution in [-0.2, 0) is 11.2 Å². The Hall–Kier alpha value is -1.67. The Morgan fingerprint density at radius 3 is 2.63 bits per heavy atom. The third-order valence-corrected chi connectivity index (χ3v) is 6.05. The van der Waals surface area contributed by atoms with E-state index < -0.39 is 5.97 Å². The van der Waals surface area contributed by atoms with Crippen molar-refractivity contribution in [1.29, 1.82) is 0 Å². The summed E-state index contributed by atoms with van der Waals surface area (Å²) in [4.78, 5) is 30.1. The Bertz CT molecular complexity index is 680. The molecule has 3 rings (SSSR count). The molecule has 150 valence electrons. The number of nitrogens with one attached hydrogen (secondary N) is 2. The number of nitrogens with zero attached hydrogens (tertiary/aromatic N) is 2. The number of urea groups is 1. The van der Waals surface area contributed by atoms with Crippen LogP contribution in [0.3, 0.4) is 0 Å². The maximum Gasteiger partial charge on any atom is 0.320 e. The van der Waals surface area contributed by atoms with Gasteiger partial charge in [-0.2, -0.15) is 0 Å². The predicted molar refractivity (Wildman–Crippen MR) is 106 cm³/mol. The number of carboxylic acid groups (broad SMARTS) is 1. The van der Waals surface area contributed by atoms with Gasteiger partial charge in [0.15, 0.2) is 0 Å². The lowest BCUT2D eigenvalue weighted by Gasteiger charge is -2.42. The van der Waals surface area contributed by atoms with E-state index in [0.29, 0.717) is 11.8 Å². The van der Waals surface area contributed by atoms with Crippen LogP contribution in [-0.4, -0.2) is 52.2 Å². The number of hydrogen-bond donors (Lipinski definition) is 3. The highest BCUT2D eigenvalue weighted by Crippen LogP contribution is 2.34. The highest BCUT2D eigenvalue weighted by molar-refractivity contribution is 7.16. The minimum atomic E-state index is -0.775. The number of thiazole rings is 1. The lowest BCUT2D eigenvalue weighted by molar-refractivity contribution is -0.139. The van der Waals surface area contributed by atoms with Crippen molar-refractivity contribution < 1.29 is 14.7 Å². The lowest BCUT2D eigenvalue weighted by atomic mass is 9.85. The SMILES string of the molecule is Cc1nc(CC(C)C)c(NC(=O)NC2CC(N(CC(=O)O)CC3CC3)C2)s1. The Morgan fingerprint density at radius 1 is 1.33 bits per heavy atom. The molecule has 2 aliphatic rings. The molecule has 0 bridgehead atoms. The number of carboxylic acids is 1. The van der Waals surface area contributed by atoms with Gasteiger partial charge in [0.2, 0.25) is 0 Å². The maximum absolute atomic E-state index is 12.4. The molecule has 2 amide bonds. The van der Waals surface area contributed by atoms with Gasteiger partial charge in [0.05, 0.1) is 17.2 Å². The number of carbonyl (C=O) groups is 2. The summed E-state index contributed by atoms with van der Waals surface area (Å²) in [6.45, 7) is 7.19. The van der Waals surface area contributed by atoms with Gasteiger partial charge in [-0.3, -0.25) is 15.0 Å². The number of aryl methyl sites for hydroxylation is 1. The summed E-state index contributed by atoms with van der Waals surface area (Å²) >= 11 is 1.51. The molecule has 1 aromatic heterocycles. The molecule has 0 radical (unpaired) electrons. The van der Waals surface area contributed by atoms with Crippen molar-refractivity contribution in [2.75, 3.05) is 18.4 Å².